The van der Waals surface area contributed by atoms with E-state index in [1.54, 1.807) is 16.7 Å². The lowest BCUT2D eigenvalue weighted by molar-refractivity contribution is -0.108. The van der Waals surface area contributed by atoms with Gasteiger partial charge in [-0.05, 0) is 17.5 Å². The number of rotatable bonds is 4. The highest BCUT2D eigenvalue weighted by atomic mass is 32.2. The first-order chi connectivity index (χ1) is 7.86. The molecular weight excluding hydrogens is 222 g/mol. The zero-order valence-corrected chi connectivity index (χ0v) is 9.72. The van der Waals surface area contributed by atoms with Gasteiger partial charge < -0.3 is 0 Å². The molecule has 1 amide bonds. The molecule has 1 heterocycles. The van der Waals surface area contributed by atoms with Gasteiger partial charge in [0.05, 0.1) is 0 Å². The molecule has 1 N–H and O–H groups in total. The van der Waals surface area contributed by atoms with Crippen molar-refractivity contribution in [2.75, 3.05) is 11.9 Å². The van der Waals surface area contributed by atoms with Gasteiger partial charge in [-0.1, -0.05) is 30.0 Å². The number of carbonyl (C=O) groups excluding carboxylic acids is 1. The van der Waals surface area contributed by atoms with Crippen LogP contribution in [0.15, 0.2) is 41.9 Å². The Morgan fingerprint density at radius 2 is 2.19 bits per heavy atom. The number of hydrogen-bond donors (Lipinski definition) is 1. The summed E-state index contributed by atoms with van der Waals surface area (Å²) in [5.41, 5.74) is 3.85. The number of anilines is 1. The van der Waals surface area contributed by atoms with Crippen molar-refractivity contribution in [3.05, 3.63) is 41.9 Å². The molecule has 0 saturated carbocycles. The number of amides is 1. The van der Waals surface area contributed by atoms with Gasteiger partial charge in [0.25, 0.3) is 0 Å². The van der Waals surface area contributed by atoms with Crippen molar-refractivity contribution in [1.82, 2.24) is 10.4 Å². The molecule has 0 aromatic heterocycles. The molecule has 16 heavy (non-hydrogen) atoms. The summed E-state index contributed by atoms with van der Waals surface area (Å²) in [6.45, 7) is 0. The molecule has 0 saturated heterocycles. The fourth-order valence-electron chi connectivity index (χ4n) is 1.54. The van der Waals surface area contributed by atoms with Gasteiger partial charge in [-0.2, -0.15) is 0 Å². The van der Waals surface area contributed by atoms with Crippen LogP contribution < -0.4 is 10.3 Å². The van der Waals surface area contributed by atoms with Crippen LogP contribution in [0.5, 0.6) is 0 Å². The van der Waals surface area contributed by atoms with Crippen LogP contribution in [0.25, 0.3) is 0 Å². The standard InChI is InChI=1S/C11H13N3OS/c1-12-14-7-8-16-11(14)13(9-15)10-5-3-2-4-6-10/h2-9,11-12H,1H3. The summed E-state index contributed by atoms with van der Waals surface area (Å²) in [7, 11) is 1.83. The molecule has 1 unspecified atom stereocenters. The van der Waals surface area contributed by atoms with Crippen molar-refractivity contribution in [1.29, 1.82) is 0 Å². The summed E-state index contributed by atoms with van der Waals surface area (Å²) in [5, 5.41) is 3.84. The fraction of sp³-hybridized carbons (Fsp3) is 0.182. The number of hydrogen-bond acceptors (Lipinski definition) is 4. The quantitative estimate of drug-likeness (QED) is 0.804. The summed E-state index contributed by atoms with van der Waals surface area (Å²) in [6.07, 6.45) is 2.76. The van der Waals surface area contributed by atoms with E-state index in [1.165, 1.54) is 0 Å². The van der Waals surface area contributed by atoms with Crippen molar-refractivity contribution in [2.45, 2.75) is 5.50 Å². The molecule has 0 fully saturated rings. The summed E-state index contributed by atoms with van der Waals surface area (Å²) < 4.78 is 0. The Bertz CT molecular complexity index is 382. The molecule has 0 radical (unpaired) electrons. The minimum atomic E-state index is -0.0649. The van der Waals surface area contributed by atoms with E-state index in [-0.39, 0.29) is 5.50 Å². The highest BCUT2D eigenvalue weighted by molar-refractivity contribution is 8.03. The fourth-order valence-corrected chi connectivity index (χ4v) is 2.49. The summed E-state index contributed by atoms with van der Waals surface area (Å²) in [6, 6.07) is 9.61. The number of nitrogens with zero attached hydrogens (tertiary/aromatic N) is 2. The Kier molecular flexibility index (Phi) is 3.48. The zero-order valence-electron chi connectivity index (χ0n) is 8.91. The van der Waals surface area contributed by atoms with Gasteiger partial charge in [0.15, 0.2) is 5.50 Å². The molecule has 5 heteroatoms. The second-order valence-electron chi connectivity index (χ2n) is 3.23. The number of hydrazine groups is 1. The largest absolute Gasteiger partial charge is 0.283 e. The lowest BCUT2D eigenvalue weighted by atomic mass is 10.3. The van der Waals surface area contributed by atoms with E-state index in [9.17, 15) is 4.79 Å². The van der Waals surface area contributed by atoms with Crippen LogP contribution in [0.1, 0.15) is 0 Å². The van der Waals surface area contributed by atoms with E-state index in [1.807, 2.05) is 54.0 Å². The third kappa shape index (κ3) is 2.05. The Morgan fingerprint density at radius 1 is 1.44 bits per heavy atom. The van der Waals surface area contributed by atoms with Crippen molar-refractivity contribution in [3.8, 4) is 0 Å². The van der Waals surface area contributed by atoms with Crippen LogP contribution in [-0.2, 0) is 4.79 Å². The predicted molar refractivity (Wildman–Crippen MR) is 66.4 cm³/mol. The lowest BCUT2D eigenvalue weighted by Crippen LogP contribution is -2.46. The van der Waals surface area contributed by atoms with Crippen LogP contribution in [0, 0.1) is 0 Å². The minimum Gasteiger partial charge on any atom is -0.283 e. The van der Waals surface area contributed by atoms with Crippen LogP contribution in [-0.4, -0.2) is 24.0 Å². The number of thioether (sulfide) groups is 1. The number of para-hydroxylation sites is 1. The predicted octanol–water partition coefficient (Wildman–Crippen LogP) is 1.59. The van der Waals surface area contributed by atoms with E-state index >= 15 is 0 Å². The highest BCUT2D eigenvalue weighted by Crippen LogP contribution is 2.29. The Labute approximate surface area is 98.9 Å². The molecule has 0 aliphatic carbocycles. The maximum atomic E-state index is 11.2. The molecule has 84 valence electrons. The van der Waals surface area contributed by atoms with Gasteiger partial charge >= 0.3 is 0 Å². The second-order valence-corrected chi connectivity index (χ2v) is 4.19. The molecule has 0 bridgehead atoms. The van der Waals surface area contributed by atoms with Gasteiger partial charge in [0, 0.05) is 18.9 Å². The van der Waals surface area contributed by atoms with E-state index < -0.39 is 0 Å². The molecule has 1 aromatic carbocycles. The first-order valence-electron chi connectivity index (χ1n) is 4.93. The summed E-state index contributed by atoms with van der Waals surface area (Å²) in [4.78, 5) is 12.9. The van der Waals surface area contributed by atoms with Gasteiger partial charge in [0.1, 0.15) is 0 Å². The normalized spacial score (nSPS) is 18.8. The van der Waals surface area contributed by atoms with E-state index in [2.05, 4.69) is 5.43 Å². The van der Waals surface area contributed by atoms with Crippen molar-refractivity contribution in [3.63, 3.8) is 0 Å². The Hall–Kier alpha value is -1.46. The van der Waals surface area contributed by atoms with Crippen molar-refractivity contribution >= 4 is 23.9 Å². The smallest absolute Gasteiger partial charge is 0.216 e. The number of carbonyl (C=O) groups is 1. The summed E-state index contributed by atoms with van der Waals surface area (Å²) in [5.74, 6) is 0. The molecular formula is C11H13N3OS. The van der Waals surface area contributed by atoms with Crippen LogP contribution in [0.2, 0.25) is 0 Å². The SMILES string of the molecule is CNN1C=CSC1N(C=O)c1ccccc1. The molecule has 2 rings (SSSR count). The number of nitrogens with one attached hydrogen (secondary N) is 1. The molecule has 0 spiro atoms. The average molecular weight is 235 g/mol. The van der Waals surface area contributed by atoms with Gasteiger partial charge in [0.2, 0.25) is 6.41 Å². The molecule has 4 nitrogen and oxygen atoms in total. The van der Waals surface area contributed by atoms with E-state index in [4.69, 9.17) is 0 Å². The van der Waals surface area contributed by atoms with E-state index in [0.717, 1.165) is 12.1 Å². The first-order valence-corrected chi connectivity index (χ1v) is 5.87. The van der Waals surface area contributed by atoms with Crippen molar-refractivity contribution in [2.24, 2.45) is 0 Å². The molecule has 1 aromatic rings. The summed E-state index contributed by atoms with van der Waals surface area (Å²) >= 11 is 1.58. The van der Waals surface area contributed by atoms with E-state index in [0.29, 0.717) is 0 Å². The Balaban J connectivity index is 2.20. The highest BCUT2D eigenvalue weighted by Gasteiger charge is 2.26. The molecule has 1 atom stereocenters. The van der Waals surface area contributed by atoms with Crippen LogP contribution in [0.3, 0.4) is 0 Å². The molecule has 1 aliphatic rings. The average Bonchev–Trinajstić information content (AvgIpc) is 2.80. The van der Waals surface area contributed by atoms with Gasteiger partial charge in [-0.15, -0.1) is 0 Å². The topological polar surface area (TPSA) is 35.6 Å². The number of benzene rings is 1. The second kappa shape index (κ2) is 5.05. The van der Waals surface area contributed by atoms with Crippen LogP contribution >= 0.6 is 11.8 Å². The maximum absolute atomic E-state index is 11.2. The zero-order chi connectivity index (χ0) is 11.4. The minimum absolute atomic E-state index is 0.0649. The molecule has 1 aliphatic heterocycles. The monoisotopic (exact) mass is 235 g/mol. The van der Waals surface area contributed by atoms with Crippen LogP contribution in [0.4, 0.5) is 5.69 Å². The maximum Gasteiger partial charge on any atom is 0.216 e. The third-order valence-electron chi connectivity index (χ3n) is 2.32. The Morgan fingerprint density at radius 3 is 2.81 bits per heavy atom. The van der Waals surface area contributed by atoms with Crippen molar-refractivity contribution < 1.29 is 4.79 Å². The van der Waals surface area contributed by atoms with Gasteiger partial charge in [-0.25, -0.2) is 5.43 Å². The van der Waals surface area contributed by atoms with Gasteiger partial charge in [-0.3, -0.25) is 14.7 Å². The first kappa shape index (κ1) is 11.0. The lowest BCUT2D eigenvalue weighted by Gasteiger charge is -2.31. The third-order valence-corrected chi connectivity index (χ3v) is 3.30.